The number of hydrogen-bond donors (Lipinski definition) is 1. The van der Waals surface area contributed by atoms with Gasteiger partial charge in [0.15, 0.2) is 5.76 Å². The summed E-state index contributed by atoms with van der Waals surface area (Å²) in [5, 5.41) is 6.65. The SMILES string of the molecule is CCOc1ccc(C(=O)N2CCC[C@@H](c3n[nH]c(=O)n3CC)C2)o1. The highest BCUT2D eigenvalue weighted by Crippen LogP contribution is 2.27. The van der Waals surface area contributed by atoms with E-state index in [1.165, 1.54) is 0 Å². The summed E-state index contributed by atoms with van der Waals surface area (Å²) in [6.07, 6.45) is 1.76. The summed E-state index contributed by atoms with van der Waals surface area (Å²) in [7, 11) is 0. The molecule has 0 aromatic carbocycles. The molecule has 24 heavy (non-hydrogen) atoms. The van der Waals surface area contributed by atoms with E-state index in [9.17, 15) is 9.59 Å². The van der Waals surface area contributed by atoms with Crippen molar-refractivity contribution < 1.29 is 13.9 Å². The van der Waals surface area contributed by atoms with Crippen LogP contribution in [-0.4, -0.2) is 45.3 Å². The van der Waals surface area contributed by atoms with Crippen LogP contribution in [0.2, 0.25) is 0 Å². The molecule has 0 saturated carbocycles. The zero-order valence-corrected chi connectivity index (χ0v) is 13.9. The van der Waals surface area contributed by atoms with Crippen molar-refractivity contribution in [1.29, 1.82) is 0 Å². The smallest absolute Gasteiger partial charge is 0.343 e. The third-order valence-corrected chi connectivity index (χ3v) is 4.26. The third-order valence-electron chi connectivity index (χ3n) is 4.26. The van der Waals surface area contributed by atoms with Gasteiger partial charge in [0.25, 0.3) is 11.9 Å². The standard InChI is InChI=1S/C16H22N4O4/c1-3-20-14(17-18-16(20)22)11-6-5-9-19(10-11)15(21)12-7-8-13(24-12)23-4-2/h7-8,11H,3-6,9-10H2,1-2H3,(H,18,22)/t11-/m1/s1. The second-order valence-corrected chi connectivity index (χ2v) is 5.77. The number of carbonyl (C=O) groups excluding carboxylic acids is 1. The molecule has 1 aliphatic rings. The summed E-state index contributed by atoms with van der Waals surface area (Å²) in [4.78, 5) is 26.1. The van der Waals surface area contributed by atoms with Crippen LogP contribution in [0.3, 0.4) is 0 Å². The van der Waals surface area contributed by atoms with Gasteiger partial charge in [0.1, 0.15) is 5.82 Å². The lowest BCUT2D eigenvalue weighted by atomic mass is 9.97. The molecular formula is C16H22N4O4. The zero-order chi connectivity index (χ0) is 17.1. The van der Waals surface area contributed by atoms with Gasteiger partial charge in [0, 0.05) is 31.6 Å². The highest BCUT2D eigenvalue weighted by molar-refractivity contribution is 5.91. The number of nitrogens with zero attached hydrogens (tertiary/aromatic N) is 3. The summed E-state index contributed by atoms with van der Waals surface area (Å²) < 4.78 is 12.3. The number of furan rings is 1. The molecule has 1 atom stereocenters. The van der Waals surface area contributed by atoms with Crippen molar-refractivity contribution in [3.8, 4) is 5.95 Å². The van der Waals surface area contributed by atoms with Crippen molar-refractivity contribution in [3.05, 3.63) is 34.2 Å². The highest BCUT2D eigenvalue weighted by Gasteiger charge is 2.30. The lowest BCUT2D eigenvalue weighted by Crippen LogP contribution is -2.40. The first-order chi connectivity index (χ1) is 11.6. The Bertz CT molecular complexity index is 760. The molecule has 0 bridgehead atoms. The first kappa shape index (κ1) is 16.4. The van der Waals surface area contributed by atoms with Gasteiger partial charge in [-0.25, -0.2) is 9.89 Å². The second-order valence-electron chi connectivity index (χ2n) is 5.77. The highest BCUT2D eigenvalue weighted by atomic mass is 16.6. The monoisotopic (exact) mass is 334 g/mol. The first-order valence-corrected chi connectivity index (χ1v) is 8.31. The maximum atomic E-state index is 12.6. The number of carbonyl (C=O) groups is 1. The molecule has 1 aliphatic heterocycles. The minimum atomic E-state index is -0.205. The van der Waals surface area contributed by atoms with E-state index in [2.05, 4.69) is 10.2 Å². The number of aromatic nitrogens is 3. The normalized spacial score (nSPS) is 17.9. The number of likely N-dealkylation sites (tertiary alicyclic amines) is 1. The maximum absolute atomic E-state index is 12.6. The van der Waals surface area contributed by atoms with Crippen LogP contribution >= 0.6 is 0 Å². The van der Waals surface area contributed by atoms with E-state index < -0.39 is 0 Å². The van der Waals surface area contributed by atoms with Crippen molar-refractivity contribution in [1.82, 2.24) is 19.7 Å². The van der Waals surface area contributed by atoms with Crippen molar-refractivity contribution >= 4 is 5.91 Å². The van der Waals surface area contributed by atoms with Crippen LogP contribution < -0.4 is 10.4 Å². The topological polar surface area (TPSA) is 93.4 Å². The average molecular weight is 334 g/mol. The van der Waals surface area contributed by atoms with E-state index in [4.69, 9.17) is 9.15 Å². The Labute approximate surface area is 139 Å². The van der Waals surface area contributed by atoms with Gasteiger partial charge < -0.3 is 14.1 Å². The molecule has 1 amide bonds. The van der Waals surface area contributed by atoms with Crippen LogP contribution in [0, 0.1) is 0 Å². The van der Waals surface area contributed by atoms with Crippen LogP contribution in [0.15, 0.2) is 21.3 Å². The minimum Gasteiger partial charge on any atom is -0.465 e. The summed E-state index contributed by atoms with van der Waals surface area (Å²) in [6.45, 7) is 6.00. The van der Waals surface area contributed by atoms with Gasteiger partial charge in [0.2, 0.25) is 0 Å². The predicted octanol–water partition coefficient (Wildman–Crippen LogP) is 1.60. The van der Waals surface area contributed by atoms with E-state index in [1.807, 2.05) is 13.8 Å². The molecule has 0 spiro atoms. The fourth-order valence-corrected chi connectivity index (χ4v) is 3.13. The largest absolute Gasteiger partial charge is 0.465 e. The van der Waals surface area contributed by atoms with Crippen LogP contribution in [0.5, 0.6) is 5.95 Å². The Morgan fingerprint density at radius 3 is 3.04 bits per heavy atom. The van der Waals surface area contributed by atoms with Crippen molar-refractivity contribution in [3.63, 3.8) is 0 Å². The third kappa shape index (κ3) is 3.08. The average Bonchev–Trinajstić information content (AvgIpc) is 3.21. The van der Waals surface area contributed by atoms with E-state index in [0.29, 0.717) is 32.2 Å². The minimum absolute atomic E-state index is 0.0444. The molecular weight excluding hydrogens is 312 g/mol. The van der Waals surface area contributed by atoms with Crippen LogP contribution in [0.1, 0.15) is 49.0 Å². The molecule has 130 valence electrons. The van der Waals surface area contributed by atoms with Gasteiger partial charge in [-0.1, -0.05) is 0 Å². The Balaban J connectivity index is 1.74. The Morgan fingerprint density at radius 2 is 2.29 bits per heavy atom. The molecule has 1 N–H and O–H groups in total. The molecule has 8 heteroatoms. The van der Waals surface area contributed by atoms with E-state index in [-0.39, 0.29) is 23.3 Å². The Kier molecular flexibility index (Phi) is 4.73. The second kappa shape index (κ2) is 6.94. The number of rotatable bonds is 5. The molecule has 2 aromatic heterocycles. The van der Waals surface area contributed by atoms with Crippen molar-refractivity contribution in [2.45, 2.75) is 39.2 Å². The lowest BCUT2D eigenvalue weighted by Gasteiger charge is -2.31. The lowest BCUT2D eigenvalue weighted by molar-refractivity contribution is 0.0663. The summed E-state index contributed by atoms with van der Waals surface area (Å²) >= 11 is 0. The molecule has 0 unspecified atom stereocenters. The quantitative estimate of drug-likeness (QED) is 0.896. The number of nitrogens with one attached hydrogen (secondary N) is 1. The Hall–Kier alpha value is -2.51. The molecule has 0 radical (unpaired) electrons. The van der Waals surface area contributed by atoms with Gasteiger partial charge >= 0.3 is 5.69 Å². The number of ether oxygens (including phenoxy) is 1. The molecule has 2 aromatic rings. The van der Waals surface area contributed by atoms with E-state index in [0.717, 1.165) is 18.7 Å². The number of aromatic amines is 1. The molecule has 3 heterocycles. The first-order valence-electron chi connectivity index (χ1n) is 8.31. The number of hydrogen-bond acceptors (Lipinski definition) is 5. The number of piperidine rings is 1. The Morgan fingerprint density at radius 1 is 1.46 bits per heavy atom. The van der Waals surface area contributed by atoms with E-state index in [1.54, 1.807) is 21.6 Å². The molecule has 8 nitrogen and oxygen atoms in total. The number of H-pyrrole nitrogens is 1. The fourth-order valence-electron chi connectivity index (χ4n) is 3.13. The van der Waals surface area contributed by atoms with E-state index >= 15 is 0 Å². The van der Waals surface area contributed by atoms with Gasteiger partial charge in [-0.2, -0.15) is 5.10 Å². The zero-order valence-electron chi connectivity index (χ0n) is 13.9. The summed E-state index contributed by atoms with van der Waals surface area (Å²) in [5.74, 6) is 1.22. The maximum Gasteiger partial charge on any atom is 0.343 e. The fraction of sp³-hybridized carbons (Fsp3) is 0.562. The predicted molar refractivity (Wildman–Crippen MR) is 86.3 cm³/mol. The summed E-state index contributed by atoms with van der Waals surface area (Å²) in [5.41, 5.74) is -0.205. The molecule has 0 aliphatic carbocycles. The van der Waals surface area contributed by atoms with Gasteiger partial charge in [-0.15, -0.1) is 0 Å². The van der Waals surface area contributed by atoms with Gasteiger partial charge in [0.05, 0.1) is 6.61 Å². The van der Waals surface area contributed by atoms with Gasteiger partial charge in [-0.05, 0) is 32.8 Å². The van der Waals surface area contributed by atoms with Crippen LogP contribution in [0.4, 0.5) is 0 Å². The van der Waals surface area contributed by atoms with Crippen molar-refractivity contribution in [2.75, 3.05) is 19.7 Å². The molecule has 3 rings (SSSR count). The summed E-state index contributed by atoms with van der Waals surface area (Å²) in [6, 6.07) is 3.29. The van der Waals surface area contributed by atoms with Gasteiger partial charge in [-0.3, -0.25) is 9.36 Å². The van der Waals surface area contributed by atoms with Crippen LogP contribution in [0.25, 0.3) is 0 Å². The van der Waals surface area contributed by atoms with Crippen molar-refractivity contribution in [2.24, 2.45) is 0 Å². The molecule has 1 fully saturated rings. The molecule has 1 saturated heterocycles. The van der Waals surface area contributed by atoms with Crippen LogP contribution in [-0.2, 0) is 6.54 Å². The number of amides is 1.